The topological polar surface area (TPSA) is 3.24 Å². The number of hydrogen-bond acceptors (Lipinski definition) is 1. The van der Waals surface area contributed by atoms with Crippen molar-refractivity contribution in [2.75, 3.05) is 13.1 Å². The van der Waals surface area contributed by atoms with E-state index < -0.39 is 0 Å². The summed E-state index contributed by atoms with van der Waals surface area (Å²) in [6.07, 6.45) is 3.56. The van der Waals surface area contributed by atoms with E-state index in [4.69, 9.17) is 0 Å². The van der Waals surface area contributed by atoms with Crippen LogP contribution in [0.5, 0.6) is 0 Å². The third kappa shape index (κ3) is 4.98. The van der Waals surface area contributed by atoms with Crippen LogP contribution in [0.3, 0.4) is 0 Å². The Bertz CT molecular complexity index is 678. The molecule has 0 spiro atoms. The Morgan fingerprint density at radius 1 is 1.09 bits per heavy atom. The molecule has 1 aliphatic heterocycles. The molecule has 1 nitrogen and oxygen atoms in total. The summed E-state index contributed by atoms with van der Waals surface area (Å²) in [7, 11) is 0. The van der Waals surface area contributed by atoms with Crippen molar-refractivity contribution in [1.82, 2.24) is 4.90 Å². The molecule has 1 atom stereocenters. The molecule has 2 aromatic carbocycles. The van der Waals surface area contributed by atoms with Crippen LogP contribution in [-0.4, -0.2) is 18.0 Å². The highest BCUT2D eigenvalue weighted by atomic mass is 15.1. The smallest absolute Gasteiger partial charge is 0.0247 e. The molecule has 1 heterocycles. The number of benzene rings is 2. The molecule has 1 saturated heterocycles. The molecule has 1 aliphatic rings. The van der Waals surface area contributed by atoms with Gasteiger partial charge in [0, 0.05) is 25.1 Å². The van der Waals surface area contributed by atoms with E-state index in [0.717, 1.165) is 24.4 Å². The maximum absolute atomic E-state index is 3.35. The highest BCUT2D eigenvalue weighted by Gasteiger charge is 2.21. The van der Waals surface area contributed by atoms with Gasteiger partial charge in [-0.2, -0.15) is 0 Å². The van der Waals surface area contributed by atoms with E-state index >= 15 is 0 Å². The van der Waals surface area contributed by atoms with Crippen LogP contribution in [0.1, 0.15) is 36.0 Å². The normalized spacial score (nSPS) is 17.7. The molecule has 0 saturated carbocycles. The van der Waals surface area contributed by atoms with E-state index in [1.807, 2.05) is 0 Å². The zero-order valence-electron chi connectivity index (χ0n) is 14.0. The molecule has 0 aliphatic carbocycles. The molecule has 0 N–H and O–H groups in total. The summed E-state index contributed by atoms with van der Waals surface area (Å²) >= 11 is 0. The summed E-state index contributed by atoms with van der Waals surface area (Å²) in [6.45, 7) is 5.66. The van der Waals surface area contributed by atoms with Crippen LogP contribution in [0.2, 0.25) is 0 Å². The van der Waals surface area contributed by atoms with E-state index in [0.29, 0.717) is 0 Å². The predicted molar refractivity (Wildman–Crippen MR) is 97.1 cm³/mol. The molecule has 118 valence electrons. The SMILES string of the molecule is Cc1cccc(C#CCCC2CCN(Cc3ccccc3)C2)c1. The van der Waals surface area contributed by atoms with E-state index in [1.54, 1.807) is 0 Å². The van der Waals surface area contributed by atoms with Crippen molar-refractivity contribution in [1.29, 1.82) is 0 Å². The van der Waals surface area contributed by atoms with Crippen molar-refractivity contribution >= 4 is 0 Å². The minimum Gasteiger partial charge on any atom is -0.299 e. The molecular weight excluding hydrogens is 278 g/mol. The number of hydrogen-bond donors (Lipinski definition) is 0. The first-order valence-electron chi connectivity index (χ1n) is 8.61. The molecule has 1 fully saturated rings. The van der Waals surface area contributed by atoms with Gasteiger partial charge >= 0.3 is 0 Å². The zero-order valence-corrected chi connectivity index (χ0v) is 14.0. The monoisotopic (exact) mass is 303 g/mol. The second kappa shape index (κ2) is 7.99. The van der Waals surface area contributed by atoms with Crippen molar-refractivity contribution in [3.8, 4) is 11.8 Å². The number of rotatable bonds is 4. The third-order valence-corrected chi connectivity index (χ3v) is 4.55. The molecule has 3 rings (SSSR count). The summed E-state index contributed by atoms with van der Waals surface area (Å²) in [5, 5.41) is 0. The third-order valence-electron chi connectivity index (χ3n) is 4.55. The van der Waals surface area contributed by atoms with Gasteiger partial charge in [-0.1, -0.05) is 54.3 Å². The Morgan fingerprint density at radius 3 is 2.78 bits per heavy atom. The van der Waals surface area contributed by atoms with Gasteiger partial charge in [-0.15, -0.1) is 0 Å². The van der Waals surface area contributed by atoms with E-state index in [2.05, 4.69) is 78.3 Å². The number of nitrogens with zero attached hydrogens (tertiary/aromatic N) is 1. The molecule has 2 aromatic rings. The second-order valence-electron chi connectivity index (χ2n) is 6.59. The van der Waals surface area contributed by atoms with Crippen molar-refractivity contribution in [2.24, 2.45) is 5.92 Å². The minimum atomic E-state index is 0.811. The van der Waals surface area contributed by atoms with Crippen molar-refractivity contribution in [3.63, 3.8) is 0 Å². The Morgan fingerprint density at radius 2 is 1.96 bits per heavy atom. The maximum atomic E-state index is 3.35. The van der Waals surface area contributed by atoms with Crippen LogP contribution in [0, 0.1) is 24.7 Å². The fourth-order valence-electron chi connectivity index (χ4n) is 3.30. The van der Waals surface area contributed by atoms with E-state index in [1.165, 1.54) is 37.1 Å². The summed E-state index contributed by atoms with van der Waals surface area (Å²) in [5.41, 5.74) is 3.85. The van der Waals surface area contributed by atoms with Gasteiger partial charge in [-0.05, 0) is 55.5 Å². The molecule has 0 bridgehead atoms. The highest BCUT2D eigenvalue weighted by Crippen LogP contribution is 2.22. The molecule has 0 radical (unpaired) electrons. The van der Waals surface area contributed by atoms with Gasteiger partial charge in [-0.3, -0.25) is 4.90 Å². The van der Waals surface area contributed by atoms with Gasteiger partial charge < -0.3 is 0 Å². The Balaban J connectivity index is 1.42. The first-order valence-corrected chi connectivity index (χ1v) is 8.61. The average molecular weight is 303 g/mol. The average Bonchev–Trinajstić information content (AvgIpc) is 3.00. The van der Waals surface area contributed by atoms with Crippen LogP contribution in [0.4, 0.5) is 0 Å². The Kier molecular flexibility index (Phi) is 5.51. The van der Waals surface area contributed by atoms with Crippen molar-refractivity contribution in [3.05, 3.63) is 71.3 Å². The Labute approximate surface area is 140 Å². The van der Waals surface area contributed by atoms with Gasteiger partial charge in [-0.25, -0.2) is 0 Å². The van der Waals surface area contributed by atoms with Gasteiger partial charge in [0.05, 0.1) is 0 Å². The van der Waals surface area contributed by atoms with Gasteiger partial charge in [0.2, 0.25) is 0 Å². The van der Waals surface area contributed by atoms with Crippen molar-refractivity contribution in [2.45, 2.75) is 32.7 Å². The summed E-state index contributed by atoms with van der Waals surface area (Å²) in [6, 6.07) is 19.2. The summed E-state index contributed by atoms with van der Waals surface area (Å²) in [4.78, 5) is 2.58. The van der Waals surface area contributed by atoms with Crippen molar-refractivity contribution < 1.29 is 0 Å². The van der Waals surface area contributed by atoms with Crippen LogP contribution in [-0.2, 0) is 6.54 Å². The lowest BCUT2D eigenvalue weighted by Crippen LogP contribution is -2.20. The standard InChI is InChI=1S/C22H25N/c1-19-8-7-13-20(16-19)9-5-6-12-22-14-15-23(18-22)17-21-10-3-2-4-11-21/h2-4,7-8,10-11,13,16,22H,6,12,14-15,17-18H2,1H3. The lowest BCUT2D eigenvalue weighted by molar-refractivity contribution is 0.314. The summed E-state index contributed by atoms with van der Waals surface area (Å²) in [5.74, 6) is 7.46. The minimum absolute atomic E-state index is 0.811. The molecule has 1 heteroatoms. The fraction of sp³-hybridized carbons (Fsp3) is 0.364. The highest BCUT2D eigenvalue weighted by molar-refractivity contribution is 5.36. The first kappa shape index (κ1) is 15.8. The lowest BCUT2D eigenvalue weighted by atomic mass is 10.0. The largest absolute Gasteiger partial charge is 0.299 e. The number of aryl methyl sites for hydroxylation is 1. The molecule has 0 amide bonds. The molecule has 0 aromatic heterocycles. The van der Waals surface area contributed by atoms with Gasteiger partial charge in [0.25, 0.3) is 0 Å². The second-order valence-corrected chi connectivity index (χ2v) is 6.59. The lowest BCUT2D eigenvalue weighted by Gasteiger charge is -2.15. The molecule has 23 heavy (non-hydrogen) atoms. The zero-order chi connectivity index (χ0) is 15.9. The van der Waals surface area contributed by atoms with Gasteiger partial charge in [0.15, 0.2) is 0 Å². The number of likely N-dealkylation sites (tertiary alicyclic amines) is 1. The molecular formula is C22H25N. The summed E-state index contributed by atoms with van der Waals surface area (Å²) < 4.78 is 0. The fourth-order valence-corrected chi connectivity index (χ4v) is 3.30. The van der Waals surface area contributed by atoms with Crippen LogP contribution in [0.15, 0.2) is 54.6 Å². The maximum Gasteiger partial charge on any atom is 0.0247 e. The van der Waals surface area contributed by atoms with E-state index in [-0.39, 0.29) is 0 Å². The quantitative estimate of drug-likeness (QED) is 0.743. The van der Waals surface area contributed by atoms with Crippen LogP contribution >= 0.6 is 0 Å². The van der Waals surface area contributed by atoms with Gasteiger partial charge in [0.1, 0.15) is 0 Å². The first-order chi connectivity index (χ1) is 11.3. The molecule has 1 unspecified atom stereocenters. The predicted octanol–water partition coefficient (Wildman–Crippen LogP) is 4.65. The Hall–Kier alpha value is -2.04. The van der Waals surface area contributed by atoms with Crippen LogP contribution < -0.4 is 0 Å². The van der Waals surface area contributed by atoms with E-state index in [9.17, 15) is 0 Å². The van der Waals surface area contributed by atoms with Crippen LogP contribution in [0.25, 0.3) is 0 Å².